The summed E-state index contributed by atoms with van der Waals surface area (Å²) in [6.45, 7) is 7.60. The van der Waals surface area contributed by atoms with Gasteiger partial charge in [-0.2, -0.15) is 0 Å². The Kier molecular flexibility index (Phi) is 12.2. The Balaban J connectivity index is 1.56. The van der Waals surface area contributed by atoms with Crippen molar-refractivity contribution in [2.24, 2.45) is 0 Å². The summed E-state index contributed by atoms with van der Waals surface area (Å²) < 4.78 is 17.1. The number of allylic oxidation sites excluding steroid dienone is 2. The van der Waals surface area contributed by atoms with Gasteiger partial charge in [0.05, 0.1) is 24.3 Å². The van der Waals surface area contributed by atoms with Crippen molar-refractivity contribution in [1.29, 1.82) is 0 Å². The third-order valence-corrected chi connectivity index (χ3v) is 9.46. The zero-order valence-corrected chi connectivity index (χ0v) is 29.9. The van der Waals surface area contributed by atoms with Crippen LogP contribution in [0, 0.1) is 13.8 Å². The molecule has 0 heterocycles. The summed E-state index contributed by atoms with van der Waals surface area (Å²) in [4.78, 5) is 26.7. The minimum atomic E-state index is -0.418. The Bertz CT molecular complexity index is 1770. The molecule has 0 spiro atoms. The van der Waals surface area contributed by atoms with Crippen molar-refractivity contribution >= 4 is 68.0 Å². The molecule has 0 aliphatic carbocycles. The van der Waals surface area contributed by atoms with E-state index in [-0.39, 0.29) is 20.1 Å². The maximum absolute atomic E-state index is 13.3. The SMILES string of the molecule is CCc1c(OC)cccc1/C(Cl)=C(\Cl)C(=O)c1ccc(Oc2ccc(C(=O)/C(Cl)=C(\Cl)c3cccc(OC)c3CC)cc2C)c(C)c1. The van der Waals surface area contributed by atoms with Crippen molar-refractivity contribution in [2.45, 2.75) is 40.5 Å². The Hall–Kier alpha value is -3.74. The van der Waals surface area contributed by atoms with E-state index in [9.17, 15) is 9.59 Å². The van der Waals surface area contributed by atoms with Crippen LogP contribution in [0.3, 0.4) is 0 Å². The third kappa shape index (κ3) is 7.71. The first-order valence-electron chi connectivity index (χ1n) is 14.9. The summed E-state index contributed by atoms with van der Waals surface area (Å²) >= 11 is 26.3. The lowest BCUT2D eigenvalue weighted by molar-refractivity contribution is 0.103. The van der Waals surface area contributed by atoms with Gasteiger partial charge in [0.15, 0.2) is 0 Å². The van der Waals surface area contributed by atoms with E-state index in [2.05, 4.69) is 0 Å². The average Bonchev–Trinajstić information content (AvgIpc) is 3.10. The molecular formula is C38H34Cl4O5. The topological polar surface area (TPSA) is 61.8 Å². The van der Waals surface area contributed by atoms with Crippen molar-refractivity contribution in [3.8, 4) is 23.0 Å². The van der Waals surface area contributed by atoms with Crippen LogP contribution in [0.1, 0.15) is 67.9 Å². The Labute approximate surface area is 295 Å². The highest BCUT2D eigenvalue weighted by atomic mass is 35.5. The maximum Gasteiger partial charge on any atom is 0.205 e. The molecule has 0 aliphatic heterocycles. The quantitative estimate of drug-likeness (QED) is 0.108. The summed E-state index contributed by atoms with van der Waals surface area (Å²) in [5.74, 6) is 1.57. The fourth-order valence-corrected chi connectivity index (χ4v) is 6.22. The Morgan fingerprint density at radius 3 is 1.28 bits per heavy atom. The minimum absolute atomic E-state index is 0.0936. The predicted octanol–water partition coefficient (Wildman–Crippen LogP) is 11.3. The molecule has 5 nitrogen and oxygen atoms in total. The molecule has 47 heavy (non-hydrogen) atoms. The van der Waals surface area contributed by atoms with Gasteiger partial charge in [-0.05, 0) is 86.3 Å². The van der Waals surface area contributed by atoms with Gasteiger partial charge in [-0.25, -0.2) is 0 Å². The van der Waals surface area contributed by atoms with E-state index in [0.29, 0.717) is 69.2 Å². The first-order chi connectivity index (χ1) is 22.5. The molecule has 0 fully saturated rings. The van der Waals surface area contributed by atoms with E-state index in [1.165, 1.54) is 0 Å². The van der Waals surface area contributed by atoms with Gasteiger partial charge in [0.2, 0.25) is 11.6 Å². The fraction of sp³-hybridized carbons (Fsp3) is 0.211. The highest BCUT2D eigenvalue weighted by Gasteiger charge is 2.22. The van der Waals surface area contributed by atoms with E-state index in [4.69, 9.17) is 60.6 Å². The molecule has 4 aromatic carbocycles. The number of Topliss-reactive ketones (excluding diaryl/α,β-unsaturated/α-hetero) is 2. The average molecular weight is 712 g/mol. The van der Waals surface area contributed by atoms with Crippen molar-refractivity contribution in [3.05, 3.63) is 127 Å². The van der Waals surface area contributed by atoms with E-state index < -0.39 is 11.6 Å². The van der Waals surface area contributed by atoms with Crippen LogP contribution < -0.4 is 14.2 Å². The molecule has 9 heteroatoms. The van der Waals surface area contributed by atoms with Crippen molar-refractivity contribution in [2.75, 3.05) is 14.2 Å². The molecule has 0 atom stereocenters. The summed E-state index contributed by atoms with van der Waals surface area (Å²) in [5, 5.41) is 0.121. The van der Waals surface area contributed by atoms with Crippen LogP contribution in [0.5, 0.6) is 23.0 Å². The number of halogens is 4. The first-order valence-corrected chi connectivity index (χ1v) is 16.4. The Morgan fingerprint density at radius 2 is 0.957 bits per heavy atom. The summed E-state index contributed by atoms with van der Waals surface area (Å²) in [7, 11) is 3.17. The molecule has 0 saturated heterocycles. The largest absolute Gasteiger partial charge is 0.496 e. The number of rotatable bonds is 12. The molecule has 0 bridgehead atoms. The van der Waals surface area contributed by atoms with Crippen LogP contribution in [0.4, 0.5) is 0 Å². The molecule has 0 saturated carbocycles. The molecule has 0 aliphatic rings. The molecule has 4 aromatic rings. The first kappa shape index (κ1) is 36.1. The number of benzene rings is 4. The van der Waals surface area contributed by atoms with E-state index >= 15 is 0 Å². The van der Waals surface area contributed by atoms with Gasteiger partial charge in [-0.1, -0.05) is 84.5 Å². The van der Waals surface area contributed by atoms with Crippen LogP contribution >= 0.6 is 46.4 Å². The lowest BCUT2D eigenvalue weighted by Crippen LogP contribution is -2.04. The normalized spacial score (nSPS) is 12.2. The molecule has 0 unspecified atom stereocenters. The van der Waals surface area contributed by atoms with Crippen molar-refractivity contribution in [1.82, 2.24) is 0 Å². The molecular weight excluding hydrogens is 678 g/mol. The van der Waals surface area contributed by atoms with Crippen LogP contribution in [0.15, 0.2) is 82.9 Å². The van der Waals surface area contributed by atoms with Crippen LogP contribution in [0.25, 0.3) is 10.1 Å². The second-order valence-corrected chi connectivity index (χ2v) is 12.2. The highest BCUT2D eigenvalue weighted by molar-refractivity contribution is 6.61. The summed E-state index contributed by atoms with van der Waals surface area (Å²) in [5.41, 5.74) is 5.13. The zero-order chi connectivity index (χ0) is 34.4. The lowest BCUT2D eigenvalue weighted by Gasteiger charge is -2.15. The second-order valence-electron chi connectivity index (χ2n) is 10.7. The van der Waals surface area contributed by atoms with Gasteiger partial charge in [0.25, 0.3) is 0 Å². The number of hydrogen-bond donors (Lipinski definition) is 0. The van der Waals surface area contributed by atoms with Gasteiger partial charge >= 0.3 is 0 Å². The smallest absolute Gasteiger partial charge is 0.205 e. The number of ketones is 2. The lowest BCUT2D eigenvalue weighted by atomic mass is 10.0. The van der Waals surface area contributed by atoms with Gasteiger partial charge in [-0.3, -0.25) is 9.59 Å². The number of ether oxygens (including phenoxy) is 3. The number of carbonyl (C=O) groups is 2. The molecule has 244 valence electrons. The van der Waals surface area contributed by atoms with Crippen LogP contribution in [-0.2, 0) is 12.8 Å². The molecule has 0 amide bonds. The molecule has 0 radical (unpaired) electrons. The number of methoxy groups -OCH3 is 2. The van der Waals surface area contributed by atoms with Gasteiger partial charge in [-0.15, -0.1) is 0 Å². The fourth-order valence-electron chi connectivity index (χ4n) is 5.27. The third-order valence-electron chi connectivity index (χ3n) is 7.76. The highest BCUT2D eigenvalue weighted by Crippen LogP contribution is 2.37. The van der Waals surface area contributed by atoms with Gasteiger partial charge in [0, 0.05) is 33.4 Å². The summed E-state index contributed by atoms with van der Waals surface area (Å²) in [6.07, 6.45) is 1.29. The van der Waals surface area contributed by atoms with Crippen molar-refractivity contribution < 1.29 is 23.8 Å². The summed E-state index contributed by atoms with van der Waals surface area (Å²) in [6, 6.07) is 20.9. The predicted molar refractivity (Wildman–Crippen MR) is 193 cm³/mol. The molecule has 4 rings (SSSR count). The van der Waals surface area contributed by atoms with Crippen LogP contribution in [0.2, 0.25) is 0 Å². The number of hydrogen-bond acceptors (Lipinski definition) is 5. The van der Waals surface area contributed by atoms with Gasteiger partial charge in [0.1, 0.15) is 33.1 Å². The zero-order valence-electron chi connectivity index (χ0n) is 26.9. The molecule has 0 aromatic heterocycles. The molecule has 0 N–H and O–H groups in total. The van der Waals surface area contributed by atoms with E-state index in [1.807, 2.05) is 52.0 Å². The standard InChI is InChI=1S/C38H34Cl4O5/c1-7-25-27(11-9-13-31(25)45-5)33(39)35(41)37(43)23-15-17-29(21(3)19-23)47-30-18-16-24(20-22(30)4)38(44)36(42)34(40)28-12-10-14-32(46-6)26(28)8-2/h9-20H,7-8H2,1-6H3/b35-33+,36-34+. The Morgan fingerprint density at radius 1 is 0.574 bits per heavy atom. The maximum atomic E-state index is 13.3. The number of aryl methyl sites for hydroxylation is 2. The van der Waals surface area contributed by atoms with Gasteiger partial charge < -0.3 is 14.2 Å². The van der Waals surface area contributed by atoms with Crippen LogP contribution in [-0.4, -0.2) is 25.8 Å². The van der Waals surface area contributed by atoms with E-state index in [1.54, 1.807) is 62.8 Å². The minimum Gasteiger partial charge on any atom is -0.496 e. The second kappa shape index (κ2) is 15.9. The van der Waals surface area contributed by atoms with Crippen molar-refractivity contribution in [3.63, 3.8) is 0 Å². The van der Waals surface area contributed by atoms with E-state index in [0.717, 1.165) is 11.1 Å². The number of carbonyl (C=O) groups excluding carboxylic acids is 2. The monoisotopic (exact) mass is 710 g/mol.